The fraction of sp³-hybridized carbons (Fsp3) is 1.00. The molecule has 3 radical (unpaired) electrons. The second-order valence-corrected chi connectivity index (χ2v) is 3.09. The summed E-state index contributed by atoms with van der Waals surface area (Å²) in [5.74, 6) is 0. The highest BCUT2D eigenvalue weighted by Crippen LogP contribution is 2.07. The van der Waals surface area contributed by atoms with E-state index >= 15 is 0 Å². The molecule has 0 unspecified atom stereocenters. The van der Waals surface area contributed by atoms with Gasteiger partial charge in [-0.15, -0.1) is 0 Å². The summed E-state index contributed by atoms with van der Waals surface area (Å²) >= 11 is 0. The molecule has 0 saturated heterocycles. The van der Waals surface area contributed by atoms with Crippen LogP contribution < -0.4 is 0 Å². The maximum Gasteiger partial charge on any atom is 0.157 e. The molecule has 0 aliphatic rings. The highest BCUT2D eigenvalue weighted by Gasteiger charge is 2.05. The quantitative estimate of drug-likeness (QED) is 0.329. The van der Waals surface area contributed by atoms with Gasteiger partial charge in [-0.25, -0.2) is 0 Å². The third-order valence-corrected chi connectivity index (χ3v) is 1.93. The predicted molar refractivity (Wildman–Crippen MR) is 51.5 cm³/mol. The number of hydrogen-bond acceptors (Lipinski definition) is 2. The summed E-state index contributed by atoms with van der Waals surface area (Å²) in [6, 6.07) is 1.06. The van der Waals surface area contributed by atoms with Crippen molar-refractivity contribution in [1.82, 2.24) is 0 Å². The van der Waals surface area contributed by atoms with E-state index in [1.54, 1.807) is 0 Å². The van der Waals surface area contributed by atoms with Crippen molar-refractivity contribution in [1.29, 1.82) is 0 Å². The van der Waals surface area contributed by atoms with Gasteiger partial charge in [-0.3, -0.25) is 0 Å². The Kier molecular flexibility index (Phi) is 9.33. The second kappa shape index (κ2) is 9.23. The minimum absolute atomic E-state index is 0.0122. The molecule has 0 atom stereocenters. The Morgan fingerprint density at radius 3 is 2.08 bits per heavy atom. The van der Waals surface area contributed by atoms with E-state index in [1.807, 2.05) is 13.8 Å². The van der Waals surface area contributed by atoms with E-state index in [9.17, 15) is 0 Å². The van der Waals surface area contributed by atoms with Gasteiger partial charge in [0.1, 0.15) is 0 Å². The van der Waals surface area contributed by atoms with Crippen LogP contribution in [0.5, 0.6) is 0 Å². The van der Waals surface area contributed by atoms with Gasteiger partial charge < -0.3 is 9.47 Å². The summed E-state index contributed by atoms with van der Waals surface area (Å²) in [6.07, 6.45) is 3.37. The van der Waals surface area contributed by atoms with Crippen molar-refractivity contribution in [2.24, 2.45) is 0 Å². The van der Waals surface area contributed by atoms with Gasteiger partial charge in [0.25, 0.3) is 0 Å². The van der Waals surface area contributed by atoms with Crippen LogP contribution in [0.4, 0.5) is 0 Å². The molecule has 0 aromatic heterocycles. The molecule has 0 heterocycles. The highest BCUT2D eigenvalue weighted by atomic mass is 28.1. The van der Waals surface area contributed by atoms with Gasteiger partial charge >= 0.3 is 0 Å². The maximum atomic E-state index is 5.39. The van der Waals surface area contributed by atoms with Gasteiger partial charge in [0.2, 0.25) is 0 Å². The van der Waals surface area contributed by atoms with Crippen molar-refractivity contribution in [3.05, 3.63) is 0 Å². The summed E-state index contributed by atoms with van der Waals surface area (Å²) in [5, 5.41) is 0. The van der Waals surface area contributed by atoms with E-state index in [4.69, 9.17) is 9.47 Å². The molecule has 0 bridgehead atoms. The van der Waals surface area contributed by atoms with Crippen molar-refractivity contribution in [3.63, 3.8) is 0 Å². The first-order chi connectivity index (χ1) is 5.85. The van der Waals surface area contributed by atoms with Crippen LogP contribution in [-0.4, -0.2) is 29.7 Å². The van der Waals surface area contributed by atoms with E-state index in [0.29, 0.717) is 0 Å². The lowest BCUT2D eigenvalue weighted by Crippen LogP contribution is -2.17. The Labute approximate surface area is 79.1 Å². The Bertz CT molecular complexity index is 82.6. The monoisotopic (exact) mass is 187 g/mol. The Balaban J connectivity index is 3.34. The SMILES string of the molecule is CCOC(CCCC[Si])OCC. The van der Waals surface area contributed by atoms with Crippen molar-refractivity contribution in [2.75, 3.05) is 13.2 Å². The third-order valence-electron chi connectivity index (χ3n) is 1.57. The normalized spacial score (nSPS) is 11.0. The Hall–Kier alpha value is 0.137. The molecule has 0 aliphatic carbocycles. The molecule has 0 aromatic rings. The van der Waals surface area contributed by atoms with Crippen molar-refractivity contribution >= 4 is 10.2 Å². The molecule has 0 aromatic carbocycles. The molecule has 2 nitrogen and oxygen atoms in total. The minimum Gasteiger partial charge on any atom is -0.353 e. The standard InChI is InChI=1S/C9H19O2Si/c1-3-10-9(11-4-2)7-5-6-8-12/h9H,3-8H2,1-2H3. The van der Waals surface area contributed by atoms with Gasteiger partial charge in [0.05, 0.1) is 0 Å². The molecule has 0 fully saturated rings. The number of unbranched alkanes of at least 4 members (excludes halogenated alkanes) is 1. The van der Waals surface area contributed by atoms with Crippen LogP contribution >= 0.6 is 0 Å². The average molecular weight is 187 g/mol. The maximum absolute atomic E-state index is 5.39. The van der Waals surface area contributed by atoms with Gasteiger partial charge in [0.15, 0.2) is 6.29 Å². The largest absolute Gasteiger partial charge is 0.353 e. The van der Waals surface area contributed by atoms with E-state index in [0.717, 1.165) is 32.1 Å². The third kappa shape index (κ3) is 6.82. The molecule has 0 amide bonds. The first-order valence-electron chi connectivity index (χ1n) is 4.72. The zero-order valence-corrected chi connectivity index (χ0v) is 9.14. The topological polar surface area (TPSA) is 18.5 Å². The summed E-state index contributed by atoms with van der Waals surface area (Å²) in [6.45, 7) is 5.46. The zero-order valence-electron chi connectivity index (χ0n) is 8.14. The van der Waals surface area contributed by atoms with Gasteiger partial charge in [-0.05, 0) is 26.7 Å². The van der Waals surface area contributed by atoms with E-state index < -0.39 is 0 Å². The van der Waals surface area contributed by atoms with Crippen LogP contribution in [-0.2, 0) is 9.47 Å². The Morgan fingerprint density at radius 1 is 1.08 bits per heavy atom. The average Bonchev–Trinajstić information content (AvgIpc) is 2.06. The molecule has 71 valence electrons. The van der Waals surface area contributed by atoms with E-state index in [2.05, 4.69) is 10.2 Å². The Morgan fingerprint density at radius 2 is 1.67 bits per heavy atom. The summed E-state index contributed by atoms with van der Waals surface area (Å²) < 4.78 is 10.8. The molecular weight excluding hydrogens is 168 g/mol. The van der Waals surface area contributed by atoms with Gasteiger partial charge in [0, 0.05) is 23.5 Å². The van der Waals surface area contributed by atoms with Crippen LogP contribution in [0.25, 0.3) is 0 Å². The molecule has 0 aliphatic heterocycles. The molecular formula is C9H19O2Si. The lowest BCUT2D eigenvalue weighted by Gasteiger charge is -2.16. The van der Waals surface area contributed by atoms with E-state index in [1.165, 1.54) is 6.42 Å². The predicted octanol–water partition coefficient (Wildman–Crippen LogP) is 2.14. The van der Waals surface area contributed by atoms with Crippen molar-refractivity contribution in [3.8, 4) is 0 Å². The minimum atomic E-state index is 0.0122. The fourth-order valence-electron chi connectivity index (χ4n) is 1.02. The van der Waals surface area contributed by atoms with Gasteiger partial charge in [-0.2, -0.15) is 0 Å². The fourth-order valence-corrected chi connectivity index (χ4v) is 1.27. The number of rotatable bonds is 8. The number of hydrogen-bond donors (Lipinski definition) is 0. The van der Waals surface area contributed by atoms with Gasteiger partial charge in [-0.1, -0.05) is 12.5 Å². The molecule has 0 saturated carbocycles. The smallest absolute Gasteiger partial charge is 0.157 e. The van der Waals surface area contributed by atoms with Crippen molar-refractivity contribution < 1.29 is 9.47 Å². The van der Waals surface area contributed by atoms with Crippen molar-refractivity contribution in [2.45, 2.75) is 45.4 Å². The summed E-state index contributed by atoms with van der Waals surface area (Å²) in [7, 11) is 3.44. The molecule has 0 spiro atoms. The van der Waals surface area contributed by atoms with Crippen LogP contribution in [0.15, 0.2) is 0 Å². The first-order valence-corrected chi connectivity index (χ1v) is 5.43. The van der Waals surface area contributed by atoms with Crippen LogP contribution in [0.2, 0.25) is 6.04 Å². The first kappa shape index (κ1) is 12.1. The second-order valence-electron chi connectivity index (χ2n) is 2.59. The van der Waals surface area contributed by atoms with Crippen LogP contribution in [0.3, 0.4) is 0 Å². The van der Waals surface area contributed by atoms with Crippen LogP contribution in [0, 0.1) is 0 Å². The summed E-state index contributed by atoms with van der Waals surface area (Å²) in [4.78, 5) is 0. The van der Waals surface area contributed by atoms with Crippen LogP contribution in [0.1, 0.15) is 33.1 Å². The molecule has 0 rings (SSSR count). The number of ether oxygens (including phenoxy) is 2. The van der Waals surface area contributed by atoms with E-state index in [-0.39, 0.29) is 6.29 Å². The lowest BCUT2D eigenvalue weighted by atomic mass is 10.2. The molecule has 3 heteroatoms. The molecule has 0 N–H and O–H groups in total. The lowest BCUT2D eigenvalue weighted by molar-refractivity contribution is -0.140. The zero-order chi connectivity index (χ0) is 9.23. The highest BCUT2D eigenvalue weighted by molar-refractivity contribution is 6.08. The molecule has 12 heavy (non-hydrogen) atoms. The summed E-state index contributed by atoms with van der Waals surface area (Å²) in [5.41, 5.74) is 0.